The van der Waals surface area contributed by atoms with Crippen LogP contribution in [0.4, 0.5) is 4.39 Å². The molecule has 0 saturated heterocycles. The van der Waals surface area contributed by atoms with E-state index >= 15 is 0 Å². The fraction of sp³-hybridized carbons (Fsp3) is 0.562. The summed E-state index contributed by atoms with van der Waals surface area (Å²) >= 11 is 0. The first-order chi connectivity index (χ1) is 9.99. The lowest BCUT2D eigenvalue weighted by molar-refractivity contribution is -0.121. The average Bonchev–Trinajstić information content (AvgIpc) is 2.46. The van der Waals surface area contributed by atoms with Crippen LogP contribution in [0.1, 0.15) is 45.2 Å². The molecule has 0 heterocycles. The van der Waals surface area contributed by atoms with Crippen LogP contribution in [0.5, 0.6) is 5.75 Å². The molecule has 0 aliphatic heterocycles. The summed E-state index contributed by atoms with van der Waals surface area (Å²) < 4.78 is 19.1. The Bertz CT molecular complexity index is 466. The molecular weight excluding hydrogens is 271 g/mol. The zero-order valence-corrected chi connectivity index (χ0v) is 13.2. The number of benzene rings is 1. The van der Waals surface area contributed by atoms with Crippen molar-refractivity contribution in [2.45, 2.75) is 45.7 Å². The van der Waals surface area contributed by atoms with E-state index in [9.17, 15) is 9.18 Å². The van der Waals surface area contributed by atoms with Gasteiger partial charge in [0.2, 0.25) is 5.91 Å². The van der Waals surface area contributed by atoms with Crippen LogP contribution in [0.2, 0.25) is 0 Å². The molecule has 1 rings (SSSR count). The lowest BCUT2D eigenvalue weighted by atomic mass is 10.1. The molecule has 21 heavy (non-hydrogen) atoms. The molecule has 1 amide bonds. The molecule has 2 N–H and O–H groups in total. The monoisotopic (exact) mass is 296 g/mol. The zero-order chi connectivity index (χ0) is 15.8. The maximum absolute atomic E-state index is 13.9. The van der Waals surface area contributed by atoms with Crippen LogP contribution in [-0.4, -0.2) is 25.6 Å². The van der Waals surface area contributed by atoms with Gasteiger partial charge in [0.15, 0.2) is 0 Å². The Morgan fingerprint density at radius 3 is 2.71 bits per heavy atom. The van der Waals surface area contributed by atoms with E-state index in [1.807, 2.05) is 20.8 Å². The van der Waals surface area contributed by atoms with Gasteiger partial charge in [-0.15, -0.1) is 0 Å². The zero-order valence-electron chi connectivity index (χ0n) is 13.2. The number of carbonyl (C=O) groups is 1. The molecule has 2 atom stereocenters. The quantitative estimate of drug-likeness (QED) is 0.775. The Hall–Kier alpha value is -1.62. The molecule has 4 nitrogen and oxygen atoms in total. The van der Waals surface area contributed by atoms with Crippen LogP contribution < -0.4 is 15.4 Å². The van der Waals surface area contributed by atoms with Gasteiger partial charge in [-0.1, -0.05) is 13.0 Å². The van der Waals surface area contributed by atoms with Gasteiger partial charge in [-0.3, -0.25) is 4.79 Å². The van der Waals surface area contributed by atoms with Crippen LogP contribution in [0.15, 0.2) is 18.2 Å². The first-order valence-electron chi connectivity index (χ1n) is 7.34. The predicted octanol–water partition coefficient (Wildman–Crippen LogP) is 2.79. The maximum atomic E-state index is 13.9. The summed E-state index contributed by atoms with van der Waals surface area (Å²) in [6.07, 6.45) is 1.27. The standard InChI is InChI=1S/C16H25FN2O2/c1-5-11(2)19-15(20)9-10-18-12(3)16-13(17)7-6-8-14(16)21-4/h6-8,11-12,18H,5,9-10H2,1-4H3,(H,19,20). The molecule has 0 aliphatic rings. The summed E-state index contributed by atoms with van der Waals surface area (Å²) in [7, 11) is 1.52. The Morgan fingerprint density at radius 2 is 2.10 bits per heavy atom. The Balaban J connectivity index is 2.51. The van der Waals surface area contributed by atoms with Crippen LogP contribution in [-0.2, 0) is 4.79 Å². The minimum atomic E-state index is -0.307. The van der Waals surface area contributed by atoms with Gasteiger partial charge in [0.25, 0.3) is 0 Å². The Labute approximate surface area is 126 Å². The smallest absolute Gasteiger partial charge is 0.221 e. The van der Waals surface area contributed by atoms with Gasteiger partial charge in [-0.2, -0.15) is 0 Å². The molecule has 0 radical (unpaired) electrons. The van der Waals surface area contributed by atoms with Crippen molar-refractivity contribution in [1.29, 1.82) is 0 Å². The van der Waals surface area contributed by atoms with E-state index in [0.717, 1.165) is 6.42 Å². The van der Waals surface area contributed by atoms with Crippen molar-refractivity contribution in [1.82, 2.24) is 10.6 Å². The van der Waals surface area contributed by atoms with Crippen molar-refractivity contribution >= 4 is 5.91 Å². The number of methoxy groups -OCH3 is 1. The van der Waals surface area contributed by atoms with Crippen molar-refractivity contribution in [2.75, 3.05) is 13.7 Å². The fourth-order valence-electron chi connectivity index (χ4n) is 2.07. The van der Waals surface area contributed by atoms with Crippen LogP contribution in [0.25, 0.3) is 0 Å². The highest BCUT2D eigenvalue weighted by atomic mass is 19.1. The molecule has 0 fully saturated rings. The Morgan fingerprint density at radius 1 is 1.38 bits per heavy atom. The third kappa shape index (κ3) is 5.34. The first-order valence-corrected chi connectivity index (χ1v) is 7.34. The molecular formula is C16H25FN2O2. The molecule has 0 aliphatic carbocycles. The second-order valence-electron chi connectivity index (χ2n) is 5.16. The van der Waals surface area contributed by atoms with Crippen molar-refractivity contribution in [3.8, 4) is 5.75 Å². The first kappa shape index (κ1) is 17.4. The van der Waals surface area contributed by atoms with E-state index in [2.05, 4.69) is 10.6 Å². The van der Waals surface area contributed by atoms with Crippen molar-refractivity contribution in [2.24, 2.45) is 0 Å². The minimum Gasteiger partial charge on any atom is -0.496 e. The van der Waals surface area contributed by atoms with Gasteiger partial charge in [0.05, 0.1) is 7.11 Å². The lowest BCUT2D eigenvalue weighted by Crippen LogP contribution is -2.34. The van der Waals surface area contributed by atoms with Gasteiger partial charge >= 0.3 is 0 Å². The van der Waals surface area contributed by atoms with Crippen LogP contribution >= 0.6 is 0 Å². The molecule has 0 bridgehead atoms. The second kappa shape index (κ2) is 8.62. The van der Waals surface area contributed by atoms with Crippen LogP contribution in [0, 0.1) is 5.82 Å². The van der Waals surface area contributed by atoms with Gasteiger partial charge < -0.3 is 15.4 Å². The number of ether oxygens (including phenoxy) is 1. The fourth-order valence-corrected chi connectivity index (χ4v) is 2.07. The number of rotatable bonds is 8. The summed E-state index contributed by atoms with van der Waals surface area (Å²) in [5.74, 6) is 0.210. The highest BCUT2D eigenvalue weighted by Gasteiger charge is 2.16. The number of nitrogens with one attached hydrogen (secondary N) is 2. The van der Waals surface area contributed by atoms with Gasteiger partial charge in [-0.05, 0) is 32.4 Å². The number of amides is 1. The van der Waals surface area contributed by atoms with E-state index in [1.54, 1.807) is 12.1 Å². The van der Waals surface area contributed by atoms with Gasteiger partial charge in [0.1, 0.15) is 11.6 Å². The average molecular weight is 296 g/mol. The highest BCUT2D eigenvalue weighted by Crippen LogP contribution is 2.27. The number of carbonyl (C=O) groups excluding carboxylic acids is 1. The summed E-state index contributed by atoms with van der Waals surface area (Å²) in [6.45, 7) is 6.34. The second-order valence-corrected chi connectivity index (χ2v) is 5.16. The SMILES string of the molecule is CCC(C)NC(=O)CCNC(C)c1c(F)cccc1OC. The summed E-state index contributed by atoms with van der Waals surface area (Å²) in [5, 5.41) is 6.06. The molecule has 0 aromatic heterocycles. The highest BCUT2D eigenvalue weighted by molar-refractivity contribution is 5.76. The number of hydrogen-bond donors (Lipinski definition) is 2. The van der Waals surface area contributed by atoms with Gasteiger partial charge in [-0.25, -0.2) is 4.39 Å². The minimum absolute atomic E-state index is 0.00421. The molecule has 1 aromatic rings. The molecule has 2 unspecified atom stereocenters. The van der Waals surface area contributed by atoms with E-state index in [4.69, 9.17) is 4.74 Å². The third-order valence-corrected chi connectivity index (χ3v) is 3.49. The van der Waals surface area contributed by atoms with E-state index in [1.165, 1.54) is 13.2 Å². The van der Waals surface area contributed by atoms with Crippen molar-refractivity contribution < 1.29 is 13.9 Å². The summed E-state index contributed by atoms with van der Waals surface area (Å²) in [4.78, 5) is 11.7. The molecule has 0 spiro atoms. The predicted molar refractivity (Wildman–Crippen MR) is 81.9 cm³/mol. The topological polar surface area (TPSA) is 50.4 Å². The summed E-state index contributed by atoms with van der Waals surface area (Å²) in [5.41, 5.74) is 0.488. The molecule has 0 saturated carbocycles. The Kier molecular flexibility index (Phi) is 7.15. The van der Waals surface area contributed by atoms with Gasteiger partial charge in [0, 0.05) is 30.6 Å². The molecule has 1 aromatic carbocycles. The maximum Gasteiger partial charge on any atom is 0.221 e. The van der Waals surface area contributed by atoms with E-state index in [0.29, 0.717) is 24.3 Å². The third-order valence-electron chi connectivity index (χ3n) is 3.49. The molecule has 118 valence electrons. The van der Waals surface area contributed by atoms with Crippen LogP contribution in [0.3, 0.4) is 0 Å². The van der Waals surface area contributed by atoms with Crippen molar-refractivity contribution in [3.05, 3.63) is 29.6 Å². The van der Waals surface area contributed by atoms with E-state index in [-0.39, 0.29) is 23.8 Å². The normalized spacial score (nSPS) is 13.6. The van der Waals surface area contributed by atoms with E-state index < -0.39 is 0 Å². The molecule has 5 heteroatoms. The number of halogens is 1. The lowest BCUT2D eigenvalue weighted by Gasteiger charge is -2.18. The van der Waals surface area contributed by atoms with Crippen molar-refractivity contribution in [3.63, 3.8) is 0 Å². The summed E-state index contributed by atoms with van der Waals surface area (Å²) in [6, 6.07) is 4.71. The largest absolute Gasteiger partial charge is 0.496 e. The number of hydrogen-bond acceptors (Lipinski definition) is 3.